The van der Waals surface area contributed by atoms with E-state index in [1.165, 1.54) is 24.3 Å². The molecule has 2 aliphatic rings. The number of fused-ring (bicyclic) bond motifs is 1. The molecule has 2 aromatic rings. The SMILES string of the molecule is CCC[C@H](N[C@@H](C)C(=O)N1[C@H](C(=O)O)C[C@@H]2CCCC[C@@H]21)C(=O)OCC.O=C(O)CCOc1no[n+]([O-])c1S(=O)(=O)c1ccc(Cl)cc1. The molecule has 1 aromatic carbocycles. The van der Waals surface area contributed by atoms with E-state index in [-0.39, 0.29) is 40.2 Å². The molecule has 1 amide bonds. The summed E-state index contributed by atoms with van der Waals surface area (Å²) in [7, 11) is -4.26. The molecule has 0 bridgehead atoms. The summed E-state index contributed by atoms with van der Waals surface area (Å²) in [6.45, 7) is 5.35. The Morgan fingerprint density at radius 2 is 1.83 bits per heavy atom. The van der Waals surface area contributed by atoms with Gasteiger partial charge in [0.15, 0.2) is 0 Å². The second kappa shape index (κ2) is 17.4. The fraction of sp³-hybridized carbons (Fsp3) is 0.600. The van der Waals surface area contributed by atoms with Gasteiger partial charge in [-0.2, -0.15) is 0 Å². The maximum atomic E-state index is 13.1. The Hall–Kier alpha value is -3.96. The first-order chi connectivity index (χ1) is 22.7. The normalized spacial score (nSPS) is 20.1. The van der Waals surface area contributed by atoms with Crippen LogP contribution in [-0.2, 0) is 33.8 Å². The summed E-state index contributed by atoms with van der Waals surface area (Å²) in [4.78, 5) is 48.4. The van der Waals surface area contributed by atoms with Crippen LogP contribution in [0.25, 0.3) is 0 Å². The Morgan fingerprint density at radius 1 is 1.17 bits per heavy atom. The van der Waals surface area contributed by atoms with Crippen LogP contribution in [0, 0.1) is 11.1 Å². The number of benzene rings is 1. The maximum absolute atomic E-state index is 13.1. The van der Waals surface area contributed by atoms with E-state index in [1.807, 2.05) is 6.92 Å². The first kappa shape index (κ1) is 38.5. The van der Waals surface area contributed by atoms with E-state index in [2.05, 4.69) is 15.1 Å². The lowest BCUT2D eigenvalue weighted by Crippen LogP contribution is -2.55. The van der Waals surface area contributed by atoms with Crippen molar-refractivity contribution in [3.05, 3.63) is 34.5 Å². The molecule has 2 heterocycles. The summed E-state index contributed by atoms with van der Waals surface area (Å²) in [6, 6.07) is 3.15. The molecule has 1 saturated carbocycles. The molecule has 48 heavy (non-hydrogen) atoms. The highest BCUT2D eigenvalue weighted by molar-refractivity contribution is 7.91. The first-order valence-electron chi connectivity index (χ1n) is 15.6. The Morgan fingerprint density at radius 3 is 2.44 bits per heavy atom. The average Bonchev–Trinajstić information content (AvgIpc) is 3.62. The number of ether oxygens (including phenoxy) is 2. The smallest absolute Gasteiger partial charge is 0.414 e. The Labute approximate surface area is 282 Å². The molecule has 5 atom stereocenters. The maximum Gasteiger partial charge on any atom is 0.414 e. The van der Waals surface area contributed by atoms with Crippen molar-refractivity contribution in [1.29, 1.82) is 0 Å². The van der Waals surface area contributed by atoms with E-state index in [0.29, 0.717) is 24.5 Å². The van der Waals surface area contributed by atoms with E-state index in [0.717, 1.165) is 32.1 Å². The number of amides is 1. The van der Waals surface area contributed by atoms with Gasteiger partial charge in [-0.3, -0.25) is 24.3 Å². The third kappa shape index (κ3) is 9.56. The van der Waals surface area contributed by atoms with Crippen LogP contribution in [0.3, 0.4) is 0 Å². The number of esters is 1. The second-order valence-corrected chi connectivity index (χ2v) is 13.7. The summed E-state index contributed by atoms with van der Waals surface area (Å²) >= 11 is 5.67. The van der Waals surface area contributed by atoms with Crippen molar-refractivity contribution >= 4 is 45.3 Å². The molecule has 1 aromatic heterocycles. The van der Waals surface area contributed by atoms with Crippen molar-refractivity contribution in [2.45, 2.75) is 106 Å². The number of aliphatic carboxylic acids is 2. The lowest BCUT2D eigenvalue weighted by Gasteiger charge is -2.35. The van der Waals surface area contributed by atoms with Crippen molar-refractivity contribution in [1.82, 2.24) is 15.4 Å². The molecule has 0 unspecified atom stereocenters. The van der Waals surface area contributed by atoms with Gasteiger partial charge < -0.3 is 29.8 Å². The van der Waals surface area contributed by atoms with Gasteiger partial charge in [0.25, 0.3) is 9.84 Å². The molecule has 4 rings (SSSR count). The van der Waals surface area contributed by atoms with Crippen LogP contribution >= 0.6 is 11.6 Å². The number of aromatic nitrogens is 2. The summed E-state index contributed by atoms with van der Waals surface area (Å²) < 4.78 is 39.0. The zero-order chi connectivity index (χ0) is 35.6. The number of carbonyl (C=O) groups is 4. The highest BCUT2D eigenvalue weighted by atomic mass is 35.5. The third-order valence-corrected chi connectivity index (χ3v) is 10.1. The van der Waals surface area contributed by atoms with E-state index in [4.69, 9.17) is 26.2 Å². The van der Waals surface area contributed by atoms with Crippen LogP contribution in [0.4, 0.5) is 0 Å². The predicted octanol–water partition coefficient (Wildman–Crippen LogP) is 2.59. The quantitative estimate of drug-likeness (QED) is 0.189. The van der Waals surface area contributed by atoms with Crippen molar-refractivity contribution in [3.8, 4) is 5.88 Å². The van der Waals surface area contributed by atoms with Gasteiger partial charge in [0.2, 0.25) is 5.91 Å². The van der Waals surface area contributed by atoms with Gasteiger partial charge in [-0.25, -0.2) is 13.2 Å². The zero-order valence-corrected chi connectivity index (χ0v) is 28.4. The number of hydrogen-bond donors (Lipinski definition) is 3. The molecule has 0 radical (unpaired) electrons. The van der Waals surface area contributed by atoms with Crippen LogP contribution in [0.15, 0.2) is 38.8 Å². The molecule has 0 spiro atoms. The van der Waals surface area contributed by atoms with Gasteiger partial charge in [-0.05, 0) is 74.6 Å². The lowest BCUT2D eigenvalue weighted by atomic mass is 9.84. The van der Waals surface area contributed by atoms with Crippen molar-refractivity contribution < 1.29 is 56.8 Å². The van der Waals surface area contributed by atoms with Gasteiger partial charge in [-0.15, -0.1) is 0 Å². The minimum atomic E-state index is -4.26. The third-order valence-electron chi connectivity index (χ3n) is 8.08. The monoisotopic (exact) mass is 716 g/mol. The summed E-state index contributed by atoms with van der Waals surface area (Å²) in [5, 5.41) is 35.3. The topological polar surface area (TPSA) is 230 Å². The van der Waals surface area contributed by atoms with Gasteiger partial charge in [-0.1, -0.05) is 37.8 Å². The van der Waals surface area contributed by atoms with E-state index < -0.39 is 57.2 Å². The van der Waals surface area contributed by atoms with Crippen LogP contribution in [0.2, 0.25) is 5.02 Å². The number of nitrogens with zero attached hydrogens (tertiary/aromatic N) is 3. The number of rotatable bonds is 14. The predicted molar refractivity (Wildman–Crippen MR) is 167 cm³/mol. The number of sulfone groups is 1. The van der Waals surface area contributed by atoms with Crippen molar-refractivity contribution in [2.24, 2.45) is 5.92 Å². The van der Waals surface area contributed by atoms with Crippen LogP contribution in [0.1, 0.15) is 72.1 Å². The number of hydrogen-bond acceptors (Lipinski definition) is 12. The summed E-state index contributed by atoms with van der Waals surface area (Å²) in [6.07, 6.45) is 5.48. The summed E-state index contributed by atoms with van der Waals surface area (Å²) in [5.41, 5.74) is 0. The van der Waals surface area contributed by atoms with Crippen molar-refractivity contribution in [3.63, 3.8) is 0 Å². The van der Waals surface area contributed by atoms with E-state index in [1.54, 1.807) is 18.7 Å². The standard InChI is InChI=1S/C19H32N2O5.C11H9ClN2O7S/c1-4-8-14(19(25)26-5-2)20-12(3)17(22)21-15-10-7-6-9-13(15)11-16(21)18(23)24;12-7-1-3-8(4-2-7)22(18,19)11-10(13-21-14(11)17)20-6-5-9(15)16/h12-16,20H,4-11H2,1-3H3,(H,23,24);1-4H,5-6H2,(H,15,16)/t12-,13-,14-,15-,16-;/m0./s1. The number of halogens is 1. The highest BCUT2D eigenvalue weighted by Crippen LogP contribution is 2.40. The molecule has 3 N–H and O–H groups in total. The minimum Gasteiger partial charge on any atom is -0.481 e. The molecule has 1 aliphatic carbocycles. The van der Waals surface area contributed by atoms with Gasteiger partial charge in [0, 0.05) is 11.1 Å². The van der Waals surface area contributed by atoms with Crippen LogP contribution in [0.5, 0.6) is 5.88 Å². The highest BCUT2D eigenvalue weighted by Gasteiger charge is 2.48. The molecule has 1 saturated heterocycles. The number of nitrogens with one attached hydrogen (secondary N) is 1. The molecule has 2 fully saturated rings. The van der Waals surface area contributed by atoms with E-state index in [9.17, 15) is 37.9 Å². The molecule has 1 aliphatic heterocycles. The van der Waals surface area contributed by atoms with Gasteiger partial charge in [0.1, 0.15) is 18.7 Å². The molecule has 18 heteroatoms. The van der Waals surface area contributed by atoms with Crippen molar-refractivity contribution in [2.75, 3.05) is 13.2 Å². The molecule has 16 nitrogen and oxygen atoms in total. The fourth-order valence-electron chi connectivity index (χ4n) is 5.88. The number of carbonyl (C=O) groups excluding carboxylic acids is 2. The molecular weight excluding hydrogens is 676 g/mol. The Kier molecular flexibility index (Phi) is 14.0. The van der Waals surface area contributed by atoms with Crippen LogP contribution in [-0.4, -0.2) is 89.9 Å². The van der Waals surface area contributed by atoms with E-state index >= 15 is 0 Å². The Bertz CT molecular complexity index is 1530. The molecular formula is C30H41ClN4O12S. The van der Waals surface area contributed by atoms with Gasteiger partial charge >= 0.3 is 28.8 Å². The largest absolute Gasteiger partial charge is 0.481 e. The van der Waals surface area contributed by atoms with Crippen LogP contribution < -0.4 is 15.0 Å². The van der Waals surface area contributed by atoms with Gasteiger partial charge in [0.05, 0.1) is 29.1 Å². The first-order valence-corrected chi connectivity index (χ1v) is 17.5. The fourth-order valence-corrected chi connectivity index (χ4v) is 7.28. The number of carboxylic acids is 2. The zero-order valence-electron chi connectivity index (χ0n) is 26.9. The lowest BCUT2D eigenvalue weighted by molar-refractivity contribution is -0.832. The Balaban J connectivity index is 0.000000264. The number of likely N-dealkylation sites (tertiary alicyclic amines) is 1. The average molecular weight is 717 g/mol. The summed E-state index contributed by atoms with van der Waals surface area (Å²) in [5.74, 6) is -3.00. The minimum absolute atomic E-state index is 0.00817. The second-order valence-electron chi connectivity index (χ2n) is 11.4. The molecule has 266 valence electrons. The number of carboxylic acid groups (broad SMARTS) is 2.